The fourth-order valence-electron chi connectivity index (χ4n) is 3.95. The minimum atomic E-state index is -0.606. The van der Waals surface area contributed by atoms with Crippen molar-refractivity contribution in [2.24, 2.45) is 23.7 Å². The van der Waals surface area contributed by atoms with E-state index >= 15 is 0 Å². The van der Waals surface area contributed by atoms with Crippen molar-refractivity contribution in [3.8, 4) is 0 Å². The van der Waals surface area contributed by atoms with Crippen molar-refractivity contribution < 1.29 is 10.2 Å². The second kappa shape index (κ2) is 4.40. The lowest BCUT2D eigenvalue weighted by Crippen LogP contribution is -2.47. The number of aliphatic hydroxyl groups excluding tert-OH is 1. The molecule has 0 aromatic heterocycles. The van der Waals surface area contributed by atoms with Crippen molar-refractivity contribution in [1.82, 2.24) is 0 Å². The van der Waals surface area contributed by atoms with Crippen LogP contribution in [0, 0.1) is 23.7 Å². The summed E-state index contributed by atoms with van der Waals surface area (Å²) >= 11 is 0. The molecule has 0 amide bonds. The van der Waals surface area contributed by atoms with E-state index in [0.29, 0.717) is 23.7 Å². The van der Waals surface area contributed by atoms with Gasteiger partial charge >= 0.3 is 0 Å². The monoisotopic (exact) mass is 238 g/mol. The minimum Gasteiger partial charge on any atom is -0.393 e. The summed E-state index contributed by atoms with van der Waals surface area (Å²) in [6.45, 7) is 10.2. The minimum absolute atomic E-state index is 0.187. The zero-order valence-electron chi connectivity index (χ0n) is 11.3. The first-order valence-corrected chi connectivity index (χ1v) is 6.88. The highest BCUT2D eigenvalue weighted by atomic mass is 16.3. The van der Waals surface area contributed by atoms with Crippen LogP contribution in [0.5, 0.6) is 0 Å². The Labute approximate surface area is 105 Å². The average molecular weight is 238 g/mol. The third-order valence-electron chi connectivity index (χ3n) is 5.04. The van der Waals surface area contributed by atoms with Gasteiger partial charge in [-0.25, -0.2) is 0 Å². The number of aliphatic hydroxyl groups is 2. The van der Waals surface area contributed by atoms with Crippen LogP contribution in [0.2, 0.25) is 0 Å². The zero-order chi connectivity index (χ0) is 12.8. The van der Waals surface area contributed by atoms with Crippen LogP contribution in [0.1, 0.15) is 46.5 Å². The van der Waals surface area contributed by atoms with E-state index in [1.165, 1.54) is 5.57 Å². The summed E-state index contributed by atoms with van der Waals surface area (Å²) < 4.78 is 0. The predicted molar refractivity (Wildman–Crippen MR) is 69.5 cm³/mol. The molecule has 2 heteroatoms. The predicted octanol–water partition coefficient (Wildman–Crippen LogP) is 2.75. The summed E-state index contributed by atoms with van der Waals surface area (Å²) in [5.41, 5.74) is 0.687. The molecule has 98 valence electrons. The summed E-state index contributed by atoms with van der Waals surface area (Å²) in [5, 5.41) is 20.3. The summed E-state index contributed by atoms with van der Waals surface area (Å²) in [7, 11) is 0. The molecule has 2 aliphatic rings. The molecule has 2 aliphatic carbocycles. The molecule has 0 bridgehead atoms. The molecule has 0 aromatic carbocycles. The van der Waals surface area contributed by atoms with E-state index in [1.54, 1.807) is 0 Å². The Bertz CT molecular complexity index is 303. The van der Waals surface area contributed by atoms with Crippen LogP contribution in [0.15, 0.2) is 12.2 Å². The Kier molecular flexibility index (Phi) is 3.39. The highest BCUT2D eigenvalue weighted by Crippen LogP contribution is 2.50. The van der Waals surface area contributed by atoms with Gasteiger partial charge in [-0.1, -0.05) is 19.1 Å². The molecular weight excluding hydrogens is 212 g/mol. The van der Waals surface area contributed by atoms with Gasteiger partial charge in [0.2, 0.25) is 0 Å². The Morgan fingerprint density at radius 3 is 2.53 bits per heavy atom. The van der Waals surface area contributed by atoms with Crippen LogP contribution in [0.3, 0.4) is 0 Å². The summed E-state index contributed by atoms with van der Waals surface area (Å²) in [4.78, 5) is 0. The highest BCUT2D eigenvalue weighted by molar-refractivity contribution is 5.12. The fourth-order valence-corrected chi connectivity index (χ4v) is 3.95. The lowest BCUT2D eigenvalue weighted by molar-refractivity contribution is -0.0708. The van der Waals surface area contributed by atoms with E-state index in [0.717, 1.165) is 25.7 Å². The molecule has 2 nitrogen and oxygen atoms in total. The lowest BCUT2D eigenvalue weighted by Gasteiger charge is -2.49. The molecule has 0 aromatic rings. The molecule has 2 saturated carbocycles. The van der Waals surface area contributed by atoms with Crippen molar-refractivity contribution in [1.29, 1.82) is 0 Å². The van der Waals surface area contributed by atoms with Crippen molar-refractivity contribution in [2.75, 3.05) is 0 Å². The maximum Gasteiger partial charge on any atom is 0.0622 e. The molecule has 0 saturated heterocycles. The Morgan fingerprint density at radius 2 is 1.94 bits per heavy atom. The van der Waals surface area contributed by atoms with Gasteiger partial charge in [-0.2, -0.15) is 0 Å². The molecule has 2 fully saturated rings. The first-order valence-electron chi connectivity index (χ1n) is 6.88. The van der Waals surface area contributed by atoms with Crippen LogP contribution >= 0.6 is 0 Å². The number of hydrogen-bond donors (Lipinski definition) is 2. The van der Waals surface area contributed by atoms with Crippen molar-refractivity contribution in [3.63, 3.8) is 0 Å². The Hall–Kier alpha value is -0.340. The third kappa shape index (κ3) is 2.43. The summed E-state index contributed by atoms with van der Waals surface area (Å²) in [6.07, 6.45) is 3.74. The van der Waals surface area contributed by atoms with E-state index < -0.39 is 5.60 Å². The molecule has 17 heavy (non-hydrogen) atoms. The lowest BCUT2D eigenvalue weighted by atomic mass is 9.58. The largest absolute Gasteiger partial charge is 0.393 e. The quantitative estimate of drug-likeness (QED) is 0.690. The topological polar surface area (TPSA) is 40.5 Å². The molecule has 2 rings (SSSR count). The maximum atomic E-state index is 10.3. The molecule has 0 unspecified atom stereocenters. The van der Waals surface area contributed by atoms with Crippen LogP contribution in [-0.2, 0) is 0 Å². The van der Waals surface area contributed by atoms with Crippen LogP contribution in [-0.4, -0.2) is 21.9 Å². The molecule has 0 spiro atoms. The van der Waals surface area contributed by atoms with Crippen LogP contribution in [0.4, 0.5) is 0 Å². The van der Waals surface area contributed by atoms with Gasteiger partial charge in [0, 0.05) is 0 Å². The number of hydrogen-bond acceptors (Lipinski definition) is 2. The average Bonchev–Trinajstić information content (AvgIpc) is 2.19. The number of rotatable bonds is 1. The second-order valence-electron chi connectivity index (χ2n) is 6.74. The molecular formula is C15H26O2. The molecule has 5 atom stereocenters. The van der Waals surface area contributed by atoms with Gasteiger partial charge in [-0.05, 0) is 63.2 Å². The SMILES string of the molecule is C=C1CC[C@@H](C(C)(C)O)[C@@H]2C[C@H](C)[C@@H](O)C[C@@H]12. The zero-order valence-corrected chi connectivity index (χ0v) is 11.3. The van der Waals surface area contributed by atoms with E-state index in [4.69, 9.17) is 0 Å². The molecule has 0 aliphatic heterocycles. The Morgan fingerprint density at radius 1 is 1.29 bits per heavy atom. The van der Waals surface area contributed by atoms with Crippen molar-refractivity contribution >= 4 is 0 Å². The van der Waals surface area contributed by atoms with Crippen molar-refractivity contribution in [2.45, 2.75) is 58.2 Å². The van der Waals surface area contributed by atoms with E-state index in [-0.39, 0.29) is 6.10 Å². The third-order valence-corrected chi connectivity index (χ3v) is 5.04. The van der Waals surface area contributed by atoms with E-state index in [9.17, 15) is 10.2 Å². The fraction of sp³-hybridized carbons (Fsp3) is 0.867. The first-order chi connectivity index (χ1) is 7.80. The van der Waals surface area contributed by atoms with Gasteiger partial charge in [-0.3, -0.25) is 0 Å². The van der Waals surface area contributed by atoms with Crippen LogP contribution < -0.4 is 0 Å². The Balaban J connectivity index is 2.22. The van der Waals surface area contributed by atoms with Gasteiger partial charge in [0.05, 0.1) is 11.7 Å². The summed E-state index contributed by atoms with van der Waals surface area (Å²) in [5.74, 6) is 1.64. The van der Waals surface area contributed by atoms with E-state index in [2.05, 4.69) is 13.5 Å². The van der Waals surface area contributed by atoms with E-state index in [1.807, 2.05) is 13.8 Å². The van der Waals surface area contributed by atoms with Crippen molar-refractivity contribution in [3.05, 3.63) is 12.2 Å². The molecule has 0 radical (unpaired) electrons. The number of allylic oxidation sites excluding steroid dienone is 1. The smallest absolute Gasteiger partial charge is 0.0622 e. The van der Waals surface area contributed by atoms with Gasteiger partial charge in [0.15, 0.2) is 0 Å². The molecule has 2 N–H and O–H groups in total. The normalized spacial score (nSPS) is 43.4. The second-order valence-corrected chi connectivity index (χ2v) is 6.74. The van der Waals surface area contributed by atoms with Gasteiger partial charge in [0.25, 0.3) is 0 Å². The standard InChI is InChI=1S/C15H26O2/c1-9-5-6-13(15(3,4)17)12-7-10(2)14(16)8-11(9)12/h10-14,16-17H,1,5-8H2,2-4H3/t10-,11-,12+,13+,14-/m0/s1. The van der Waals surface area contributed by atoms with Gasteiger partial charge in [0.1, 0.15) is 0 Å². The van der Waals surface area contributed by atoms with Crippen LogP contribution in [0.25, 0.3) is 0 Å². The van der Waals surface area contributed by atoms with Gasteiger partial charge < -0.3 is 10.2 Å². The first kappa shape index (κ1) is 13.1. The summed E-state index contributed by atoms with van der Waals surface area (Å²) in [6, 6.07) is 0. The van der Waals surface area contributed by atoms with Gasteiger partial charge in [-0.15, -0.1) is 0 Å². The molecule has 0 heterocycles. The maximum absolute atomic E-state index is 10.3. The number of fused-ring (bicyclic) bond motifs is 1. The highest BCUT2D eigenvalue weighted by Gasteiger charge is 2.46.